The fourth-order valence-electron chi connectivity index (χ4n) is 9.31. The number of hydrogen-bond acceptors (Lipinski definition) is 4. The number of rotatable bonds is 2. The quantitative estimate of drug-likeness (QED) is 0.132. The van der Waals surface area contributed by atoms with Crippen molar-refractivity contribution < 1.29 is 0 Å². The van der Waals surface area contributed by atoms with E-state index in [-0.39, 0.29) is 21.7 Å². The molecule has 4 heterocycles. The van der Waals surface area contributed by atoms with Gasteiger partial charge >= 0.3 is 0 Å². The Labute approximate surface area is 315 Å². The van der Waals surface area contributed by atoms with E-state index in [1.54, 1.807) is 36.4 Å². The van der Waals surface area contributed by atoms with Crippen molar-refractivity contribution in [1.29, 1.82) is 0 Å². The van der Waals surface area contributed by atoms with Crippen LogP contribution < -0.4 is 21.7 Å². The predicted molar refractivity (Wildman–Crippen MR) is 229 cm³/mol. The van der Waals surface area contributed by atoms with E-state index < -0.39 is 0 Å². The topological polar surface area (TPSA) is 77.1 Å². The maximum Gasteiger partial charge on any atom is 0.197 e. The van der Waals surface area contributed by atoms with Gasteiger partial charge in [0, 0.05) is 43.1 Å². The fourth-order valence-corrected chi connectivity index (χ4v) is 9.31. The summed E-state index contributed by atoms with van der Waals surface area (Å²) in [6, 6.07) is 50.3. The molecule has 12 aromatic rings. The summed E-state index contributed by atoms with van der Waals surface area (Å²) >= 11 is 0. The Bertz CT molecular complexity index is 3720. The first kappa shape index (κ1) is 30.7. The Morgan fingerprint density at radius 1 is 0.268 bits per heavy atom. The maximum atomic E-state index is 14.2. The zero-order valence-corrected chi connectivity index (χ0v) is 29.5. The zero-order valence-electron chi connectivity index (χ0n) is 29.5. The Kier molecular flexibility index (Phi) is 6.00. The van der Waals surface area contributed by atoms with Gasteiger partial charge in [-0.25, -0.2) is 0 Å². The van der Waals surface area contributed by atoms with Gasteiger partial charge in [-0.05, 0) is 106 Å². The Balaban J connectivity index is 1.09. The molecule has 12 rings (SSSR count). The first-order chi connectivity index (χ1) is 27.5. The second-order valence-electron chi connectivity index (χ2n) is 14.6. The van der Waals surface area contributed by atoms with E-state index in [0.717, 1.165) is 55.1 Å². The van der Waals surface area contributed by atoms with Gasteiger partial charge in [-0.15, -0.1) is 0 Å². The van der Waals surface area contributed by atoms with E-state index >= 15 is 0 Å². The smallest absolute Gasteiger partial charge is 0.197 e. The number of nitrogens with zero attached hydrogens (tertiary/aromatic N) is 2. The summed E-state index contributed by atoms with van der Waals surface area (Å²) in [5.41, 5.74) is 7.64. The van der Waals surface area contributed by atoms with Crippen molar-refractivity contribution in [2.75, 3.05) is 0 Å². The van der Waals surface area contributed by atoms with Gasteiger partial charge in [0.05, 0.1) is 33.1 Å². The lowest BCUT2D eigenvalue weighted by atomic mass is 9.91. The van der Waals surface area contributed by atoms with Crippen LogP contribution in [0.1, 0.15) is 0 Å². The van der Waals surface area contributed by atoms with Crippen LogP contribution >= 0.6 is 0 Å². The standard InChI is InChI=1S/C50H26N2O4/c53-47-33-11-3-5-17-41(33)51-43-23-19-27(25-39(43)49(55)37-15-7-13-35(47)45(37)51)29-21-22-30(32-10-2-1-9-31(29)32)28-20-24-44-40(26-28)50(56)38-16-8-14-36-46(38)52(44)42-18-6-4-12-34(42)48(36)54/h1-26H. The molecular formula is C50H26N2O4. The summed E-state index contributed by atoms with van der Waals surface area (Å²) in [7, 11) is 0. The normalized spacial score (nSPS) is 12.2. The van der Waals surface area contributed by atoms with Gasteiger partial charge in [-0.3, -0.25) is 19.2 Å². The molecule has 0 saturated carbocycles. The molecule has 4 aromatic heterocycles. The summed E-state index contributed by atoms with van der Waals surface area (Å²) in [6.45, 7) is 0. The van der Waals surface area contributed by atoms with Crippen LogP contribution in [0.25, 0.3) is 109 Å². The van der Waals surface area contributed by atoms with Crippen LogP contribution in [0.2, 0.25) is 0 Å². The molecule has 0 unspecified atom stereocenters. The van der Waals surface area contributed by atoms with Gasteiger partial charge in [0.15, 0.2) is 21.7 Å². The number of hydrogen-bond donors (Lipinski definition) is 0. The van der Waals surface area contributed by atoms with Gasteiger partial charge in [-0.1, -0.05) is 84.9 Å². The second-order valence-corrected chi connectivity index (χ2v) is 14.6. The Hall–Kier alpha value is -7.70. The van der Waals surface area contributed by atoms with Crippen LogP contribution in [0.5, 0.6) is 0 Å². The number of benzene rings is 8. The maximum absolute atomic E-state index is 14.2. The van der Waals surface area contributed by atoms with Crippen molar-refractivity contribution in [2.24, 2.45) is 0 Å². The number of aromatic nitrogens is 2. The van der Waals surface area contributed by atoms with Crippen LogP contribution in [0.15, 0.2) is 177 Å². The molecule has 0 atom stereocenters. The average molecular weight is 719 g/mol. The van der Waals surface area contributed by atoms with Crippen molar-refractivity contribution in [1.82, 2.24) is 8.80 Å². The molecule has 56 heavy (non-hydrogen) atoms. The third-order valence-electron chi connectivity index (χ3n) is 11.8. The Morgan fingerprint density at radius 2 is 0.589 bits per heavy atom. The van der Waals surface area contributed by atoms with E-state index in [1.165, 1.54) is 0 Å². The highest BCUT2D eigenvalue weighted by Gasteiger charge is 2.20. The minimum Gasteiger partial charge on any atom is -0.308 e. The summed E-state index contributed by atoms with van der Waals surface area (Å²) in [6.07, 6.45) is 0. The number of fused-ring (bicyclic) bond motifs is 9. The largest absolute Gasteiger partial charge is 0.308 e. The SMILES string of the molecule is O=c1c2ccccc2n2c3ccc(-c4ccc(-c5ccc6c(c5)c(=O)c5cccc7c(=O)c8ccccc8n6c75)c5ccccc45)cc3c(=O)c3cccc1c32. The van der Waals surface area contributed by atoms with E-state index in [2.05, 4.69) is 33.1 Å². The van der Waals surface area contributed by atoms with E-state index in [9.17, 15) is 19.2 Å². The van der Waals surface area contributed by atoms with Crippen LogP contribution in [0.3, 0.4) is 0 Å². The van der Waals surface area contributed by atoms with Gasteiger partial charge in [-0.2, -0.15) is 0 Å². The molecule has 0 aliphatic rings. The van der Waals surface area contributed by atoms with Crippen LogP contribution in [0.4, 0.5) is 0 Å². The summed E-state index contributed by atoms with van der Waals surface area (Å²) in [4.78, 5) is 55.5. The summed E-state index contributed by atoms with van der Waals surface area (Å²) < 4.78 is 4.11. The van der Waals surface area contributed by atoms with E-state index in [4.69, 9.17) is 0 Å². The van der Waals surface area contributed by atoms with Crippen LogP contribution in [0, 0.1) is 0 Å². The molecule has 0 spiro atoms. The Morgan fingerprint density at radius 3 is 1.00 bits per heavy atom. The zero-order chi connectivity index (χ0) is 37.4. The highest BCUT2D eigenvalue weighted by Crippen LogP contribution is 2.38. The fraction of sp³-hybridized carbons (Fsp3) is 0. The minimum atomic E-state index is -0.115. The minimum absolute atomic E-state index is 0.0799. The molecular weight excluding hydrogens is 693 g/mol. The van der Waals surface area contributed by atoms with Crippen LogP contribution in [-0.2, 0) is 0 Å². The highest BCUT2D eigenvalue weighted by molar-refractivity contribution is 6.12. The van der Waals surface area contributed by atoms with Gasteiger partial charge in [0.2, 0.25) is 0 Å². The summed E-state index contributed by atoms with van der Waals surface area (Å²) in [5, 5.41) is 6.45. The molecule has 8 aromatic carbocycles. The second kappa shape index (κ2) is 10.9. The lowest BCUT2D eigenvalue weighted by Gasteiger charge is -2.17. The van der Waals surface area contributed by atoms with Crippen molar-refractivity contribution >= 4 is 87.0 Å². The monoisotopic (exact) mass is 718 g/mol. The van der Waals surface area contributed by atoms with E-state index in [1.807, 2.05) is 97.1 Å². The molecule has 6 nitrogen and oxygen atoms in total. The van der Waals surface area contributed by atoms with Crippen LogP contribution in [-0.4, -0.2) is 8.80 Å². The third kappa shape index (κ3) is 3.89. The molecule has 0 aliphatic carbocycles. The first-order valence-corrected chi connectivity index (χ1v) is 18.5. The van der Waals surface area contributed by atoms with Crippen molar-refractivity contribution in [3.63, 3.8) is 0 Å². The van der Waals surface area contributed by atoms with E-state index in [0.29, 0.717) is 54.1 Å². The van der Waals surface area contributed by atoms with Crippen molar-refractivity contribution in [3.05, 3.63) is 199 Å². The van der Waals surface area contributed by atoms with Gasteiger partial charge < -0.3 is 8.80 Å². The predicted octanol–water partition coefficient (Wildman–Crippen LogP) is 9.91. The molecule has 0 saturated heterocycles. The first-order valence-electron chi connectivity index (χ1n) is 18.5. The molecule has 0 N–H and O–H groups in total. The van der Waals surface area contributed by atoms with Crippen molar-refractivity contribution in [3.8, 4) is 22.3 Å². The highest BCUT2D eigenvalue weighted by atomic mass is 16.1. The molecule has 0 aliphatic heterocycles. The average Bonchev–Trinajstić information content (AvgIpc) is 3.25. The lowest BCUT2D eigenvalue weighted by molar-refractivity contribution is 1.31. The third-order valence-corrected chi connectivity index (χ3v) is 11.8. The van der Waals surface area contributed by atoms with Crippen molar-refractivity contribution in [2.45, 2.75) is 0 Å². The molecule has 6 heteroatoms. The number of pyridine rings is 4. The number of para-hydroxylation sites is 4. The molecule has 260 valence electrons. The lowest BCUT2D eigenvalue weighted by Crippen LogP contribution is -2.14. The van der Waals surface area contributed by atoms with Gasteiger partial charge in [0.25, 0.3) is 0 Å². The molecule has 0 fully saturated rings. The summed E-state index contributed by atoms with van der Waals surface area (Å²) in [5.74, 6) is 0. The van der Waals surface area contributed by atoms with Gasteiger partial charge in [0.1, 0.15) is 0 Å². The molecule has 0 radical (unpaired) electrons. The molecule has 0 bridgehead atoms. The molecule has 0 amide bonds.